The van der Waals surface area contributed by atoms with Crippen molar-refractivity contribution in [2.24, 2.45) is 4.99 Å². The Labute approximate surface area is 135 Å². The van der Waals surface area contributed by atoms with Crippen molar-refractivity contribution in [2.45, 2.75) is 25.9 Å². The molecule has 0 aliphatic heterocycles. The molecule has 0 aliphatic carbocycles. The topological polar surface area (TPSA) is 70.6 Å². The Hall–Kier alpha value is -1.08. The lowest BCUT2D eigenvalue weighted by molar-refractivity contribution is 0.581. The predicted molar refractivity (Wildman–Crippen MR) is 91.3 cm³/mol. The number of aliphatic imine (C=N–C) groups is 1. The zero-order chi connectivity index (χ0) is 15.9. The number of rotatable bonds is 6. The molecule has 0 saturated carbocycles. The Balaban J connectivity index is 2.45. The van der Waals surface area contributed by atoms with Gasteiger partial charge in [-0.2, -0.15) is 0 Å². The molecule has 0 spiro atoms. The van der Waals surface area contributed by atoms with E-state index in [1.54, 1.807) is 7.05 Å². The lowest BCUT2D eigenvalue weighted by Gasteiger charge is -2.17. The summed E-state index contributed by atoms with van der Waals surface area (Å²) < 4.78 is 23.3. The standard InChI is InChI=1S/C14H22BrN3O2S/c1-11(7-8-21(3,19)20)18-14(16-2)17-10-12-5-4-6-13(15)9-12/h4-6,9,11H,7-8,10H2,1-3H3,(H2,16,17,18). The van der Waals surface area contributed by atoms with Crippen LogP contribution in [0.3, 0.4) is 0 Å². The van der Waals surface area contributed by atoms with Crippen molar-refractivity contribution < 1.29 is 8.42 Å². The second-order valence-electron chi connectivity index (χ2n) is 5.02. The number of sulfone groups is 1. The van der Waals surface area contributed by atoms with E-state index >= 15 is 0 Å². The molecule has 0 aromatic heterocycles. The van der Waals surface area contributed by atoms with E-state index in [-0.39, 0.29) is 11.8 Å². The van der Waals surface area contributed by atoms with Crippen LogP contribution in [0.2, 0.25) is 0 Å². The maximum absolute atomic E-state index is 11.2. The first kappa shape index (κ1) is 18.0. The third-order valence-electron chi connectivity index (χ3n) is 2.88. The number of halogens is 1. The van der Waals surface area contributed by atoms with Crippen molar-refractivity contribution in [1.29, 1.82) is 0 Å². The van der Waals surface area contributed by atoms with E-state index in [4.69, 9.17) is 0 Å². The van der Waals surface area contributed by atoms with E-state index in [1.807, 2.05) is 31.2 Å². The number of benzene rings is 1. The minimum atomic E-state index is -2.93. The van der Waals surface area contributed by atoms with Gasteiger partial charge >= 0.3 is 0 Å². The first-order valence-electron chi connectivity index (χ1n) is 6.69. The summed E-state index contributed by atoms with van der Waals surface area (Å²) in [5, 5.41) is 6.40. The summed E-state index contributed by atoms with van der Waals surface area (Å²) in [4.78, 5) is 4.14. The van der Waals surface area contributed by atoms with E-state index in [1.165, 1.54) is 6.26 Å². The van der Waals surface area contributed by atoms with E-state index in [9.17, 15) is 8.42 Å². The van der Waals surface area contributed by atoms with Crippen LogP contribution >= 0.6 is 15.9 Å². The average molecular weight is 376 g/mol. The second kappa shape index (κ2) is 8.38. The molecule has 5 nitrogen and oxygen atoms in total. The van der Waals surface area contributed by atoms with Gasteiger partial charge in [-0.3, -0.25) is 4.99 Å². The number of guanidine groups is 1. The quantitative estimate of drug-likeness (QED) is 0.588. The molecule has 0 amide bonds. The Bertz CT molecular complexity index is 588. The lowest BCUT2D eigenvalue weighted by Crippen LogP contribution is -2.42. The molecule has 0 bridgehead atoms. The maximum Gasteiger partial charge on any atom is 0.191 e. The molecule has 1 rings (SSSR count). The number of nitrogens with zero attached hydrogens (tertiary/aromatic N) is 1. The molecule has 0 saturated heterocycles. The minimum absolute atomic E-state index is 0.0356. The highest BCUT2D eigenvalue weighted by molar-refractivity contribution is 9.10. The Morgan fingerprint density at radius 1 is 1.43 bits per heavy atom. The molecular weight excluding hydrogens is 354 g/mol. The van der Waals surface area contributed by atoms with Gasteiger partial charge in [-0.15, -0.1) is 0 Å². The first-order valence-corrected chi connectivity index (χ1v) is 9.55. The van der Waals surface area contributed by atoms with Crippen molar-refractivity contribution in [3.63, 3.8) is 0 Å². The molecule has 2 N–H and O–H groups in total. The molecule has 1 unspecified atom stereocenters. The largest absolute Gasteiger partial charge is 0.354 e. The van der Waals surface area contributed by atoms with Crippen molar-refractivity contribution in [3.05, 3.63) is 34.3 Å². The van der Waals surface area contributed by atoms with Crippen molar-refractivity contribution in [3.8, 4) is 0 Å². The summed E-state index contributed by atoms with van der Waals surface area (Å²) in [6.45, 7) is 2.59. The summed E-state index contributed by atoms with van der Waals surface area (Å²) >= 11 is 3.44. The Morgan fingerprint density at radius 2 is 2.14 bits per heavy atom. The predicted octanol–water partition coefficient (Wildman–Crippen LogP) is 1.94. The summed E-state index contributed by atoms with van der Waals surface area (Å²) in [6.07, 6.45) is 1.80. The smallest absolute Gasteiger partial charge is 0.191 e. The van der Waals surface area contributed by atoms with E-state index in [0.29, 0.717) is 18.9 Å². The highest BCUT2D eigenvalue weighted by Crippen LogP contribution is 2.11. The molecule has 1 aromatic rings. The number of hydrogen-bond donors (Lipinski definition) is 2. The zero-order valence-corrected chi connectivity index (χ0v) is 15.0. The molecule has 0 fully saturated rings. The van der Waals surface area contributed by atoms with E-state index in [0.717, 1.165) is 10.0 Å². The van der Waals surface area contributed by atoms with E-state index < -0.39 is 9.84 Å². The van der Waals surface area contributed by atoms with Crippen molar-refractivity contribution in [1.82, 2.24) is 10.6 Å². The third-order valence-corrected chi connectivity index (χ3v) is 4.35. The van der Waals surface area contributed by atoms with E-state index in [2.05, 4.69) is 31.6 Å². The van der Waals surface area contributed by atoms with Crippen LogP contribution in [0.4, 0.5) is 0 Å². The summed E-state index contributed by atoms with van der Waals surface area (Å²) in [5.74, 6) is 0.833. The van der Waals surface area contributed by atoms with Gasteiger partial charge in [0.15, 0.2) is 5.96 Å². The van der Waals surface area contributed by atoms with Crippen LogP contribution in [0.15, 0.2) is 33.7 Å². The first-order chi connectivity index (χ1) is 9.80. The molecular formula is C14H22BrN3O2S. The van der Waals surface area contributed by atoms with Gasteiger partial charge in [0.05, 0.1) is 5.75 Å². The fraction of sp³-hybridized carbons (Fsp3) is 0.500. The van der Waals surface area contributed by atoms with Gasteiger partial charge in [0, 0.05) is 30.4 Å². The normalized spacial score (nSPS) is 13.8. The lowest BCUT2D eigenvalue weighted by atomic mass is 10.2. The van der Waals surface area contributed by atoms with Gasteiger partial charge in [0.1, 0.15) is 9.84 Å². The van der Waals surface area contributed by atoms with Crippen LogP contribution in [0.1, 0.15) is 18.9 Å². The van der Waals surface area contributed by atoms with Gasteiger partial charge < -0.3 is 10.6 Å². The highest BCUT2D eigenvalue weighted by Gasteiger charge is 2.09. The summed E-state index contributed by atoms with van der Waals surface area (Å²) in [6, 6.07) is 8.05. The average Bonchev–Trinajstić information content (AvgIpc) is 2.40. The number of hydrogen-bond acceptors (Lipinski definition) is 3. The molecule has 1 atom stereocenters. The second-order valence-corrected chi connectivity index (χ2v) is 8.20. The van der Waals surface area contributed by atoms with Crippen LogP contribution < -0.4 is 10.6 Å². The number of nitrogens with one attached hydrogen (secondary N) is 2. The third kappa shape index (κ3) is 8.06. The molecule has 118 valence electrons. The molecule has 0 radical (unpaired) electrons. The molecule has 0 heterocycles. The van der Waals surface area contributed by atoms with Crippen LogP contribution in [0.5, 0.6) is 0 Å². The monoisotopic (exact) mass is 375 g/mol. The van der Waals surface area contributed by atoms with Crippen LogP contribution in [0.25, 0.3) is 0 Å². The van der Waals surface area contributed by atoms with Gasteiger partial charge in [-0.05, 0) is 31.0 Å². The molecule has 7 heteroatoms. The fourth-order valence-corrected chi connectivity index (χ4v) is 2.95. The zero-order valence-electron chi connectivity index (χ0n) is 12.6. The Morgan fingerprint density at radius 3 is 2.71 bits per heavy atom. The minimum Gasteiger partial charge on any atom is -0.354 e. The van der Waals surface area contributed by atoms with Crippen LogP contribution in [-0.4, -0.2) is 39.5 Å². The van der Waals surface area contributed by atoms with Gasteiger partial charge in [-0.1, -0.05) is 28.1 Å². The highest BCUT2D eigenvalue weighted by atomic mass is 79.9. The van der Waals surface area contributed by atoms with Gasteiger partial charge in [0.2, 0.25) is 0 Å². The van der Waals surface area contributed by atoms with Crippen molar-refractivity contribution in [2.75, 3.05) is 19.1 Å². The Kier molecular flexibility index (Phi) is 7.17. The van der Waals surface area contributed by atoms with Gasteiger partial charge in [-0.25, -0.2) is 8.42 Å². The summed E-state index contributed by atoms with van der Waals surface area (Å²) in [5.41, 5.74) is 1.14. The molecule has 0 aliphatic rings. The SMILES string of the molecule is CN=C(NCc1cccc(Br)c1)NC(C)CCS(C)(=O)=O. The fourth-order valence-electron chi connectivity index (χ4n) is 1.72. The van der Waals surface area contributed by atoms with Gasteiger partial charge in [0.25, 0.3) is 0 Å². The van der Waals surface area contributed by atoms with Crippen LogP contribution in [-0.2, 0) is 16.4 Å². The summed E-state index contributed by atoms with van der Waals surface area (Å²) in [7, 11) is -1.23. The van der Waals surface area contributed by atoms with Crippen LogP contribution in [0, 0.1) is 0 Å². The van der Waals surface area contributed by atoms with Crippen molar-refractivity contribution >= 4 is 31.7 Å². The molecule has 1 aromatic carbocycles. The maximum atomic E-state index is 11.2. The molecule has 21 heavy (non-hydrogen) atoms.